The average molecular weight is 305 g/mol. The van der Waals surface area contributed by atoms with Crippen LogP contribution in [-0.2, 0) is 21.5 Å². The second-order valence-electron chi connectivity index (χ2n) is 6.22. The SMILES string of the molecule is C[C@]12CCc3c(ccc4c3C=NS(=O)(=O)O4)[C@@H]1CCC2=O. The van der Waals surface area contributed by atoms with Gasteiger partial charge in [0, 0.05) is 17.4 Å². The van der Waals surface area contributed by atoms with E-state index in [1.165, 1.54) is 6.21 Å². The molecule has 4 rings (SSSR count). The number of carbonyl (C=O) groups excluding carboxylic acids is 1. The van der Waals surface area contributed by atoms with E-state index >= 15 is 0 Å². The number of hydrogen-bond donors (Lipinski definition) is 0. The number of ketones is 1. The normalized spacial score (nSPS) is 32.0. The second kappa shape index (κ2) is 3.94. The molecule has 0 spiro atoms. The molecule has 110 valence electrons. The Hall–Kier alpha value is -1.69. The van der Waals surface area contributed by atoms with E-state index in [9.17, 15) is 13.2 Å². The molecule has 6 heteroatoms. The van der Waals surface area contributed by atoms with E-state index in [-0.39, 0.29) is 11.3 Å². The van der Waals surface area contributed by atoms with Gasteiger partial charge in [-0.3, -0.25) is 4.79 Å². The molecular formula is C15H15NO4S. The lowest BCUT2D eigenvalue weighted by Gasteiger charge is -2.37. The summed E-state index contributed by atoms with van der Waals surface area (Å²) in [5.74, 6) is 0.922. The van der Waals surface area contributed by atoms with Gasteiger partial charge in [0.25, 0.3) is 0 Å². The number of benzene rings is 1. The lowest BCUT2D eigenvalue weighted by atomic mass is 9.66. The van der Waals surface area contributed by atoms with E-state index in [0.29, 0.717) is 18.0 Å². The molecule has 0 bridgehead atoms. The van der Waals surface area contributed by atoms with Crippen molar-refractivity contribution in [2.75, 3.05) is 0 Å². The molecule has 5 nitrogen and oxygen atoms in total. The standard InChI is InChI=1S/C15H15NO4S/c1-15-7-6-9-10(12(15)3-5-14(15)17)2-4-13-11(9)8-16-21(18,19)20-13/h2,4,8,12H,3,5-7H2,1H3/t12-,15-/m0/s1. The largest absolute Gasteiger partial charge is 0.428 e. The van der Waals surface area contributed by atoms with Gasteiger partial charge in [0.05, 0.1) is 6.21 Å². The predicted molar refractivity (Wildman–Crippen MR) is 77.0 cm³/mol. The first-order chi connectivity index (χ1) is 9.91. The molecule has 0 unspecified atom stereocenters. The lowest BCUT2D eigenvalue weighted by Crippen LogP contribution is -2.33. The molecule has 21 heavy (non-hydrogen) atoms. The molecule has 1 fully saturated rings. The molecule has 1 heterocycles. The second-order valence-corrected chi connectivity index (χ2v) is 7.46. The number of nitrogens with zero attached hydrogens (tertiary/aromatic N) is 1. The van der Waals surface area contributed by atoms with Gasteiger partial charge in [0.15, 0.2) is 5.75 Å². The van der Waals surface area contributed by atoms with Crippen LogP contribution in [0.2, 0.25) is 0 Å². The summed E-state index contributed by atoms with van der Waals surface area (Å²) in [4.78, 5) is 12.2. The summed E-state index contributed by atoms with van der Waals surface area (Å²) in [6, 6.07) is 3.61. The Morgan fingerprint density at radius 2 is 2.14 bits per heavy atom. The third-order valence-electron chi connectivity index (χ3n) is 5.20. The maximum absolute atomic E-state index is 12.2. The van der Waals surface area contributed by atoms with Crippen molar-refractivity contribution in [3.63, 3.8) is 0 Å². The van der Waals surface area contributed by atoms with Crippen LogP contribution in [0.1, 0.15) is 48.8 Å². The highest BCUT2D eigenvalue weighted by Crippen LogP contribution is 2.54. The molecule has 1 aromatic rings. The van der Waals surface area contributed by atoms with Crippen LogP contribution in [0.5, 0.6) is 5.75 Å². The van der Waals surface area contributed by atoms with Gasteiger partial charge in [-0.1, -0.05) is 13.0 Å². The Morgan fingerprint density at radius 1 is 1.33 bits per heavy atom. The molecular weight excluding hydrogens is 290 g/mol. The minimum atomic E-state index is -3.85. The van der Waals surface area contributed by atoms with Gasteiger partial charge >= 0.3 is 10.3 Å². The van der Waals surface area contributed by atoms with Crippen LogP contribution >= 0.6 is 0 Å². The predicted octanol–water partition coefficient (Wildman–Crippen LogP) is 2.14. The number of rotatable bonds is 0. The van der Waals surface area contributed by atoms with Crippen LogP contribution in [-0.4, -0.2) is 20.4 Å². The van der Waals surface area contributed by atoms with E-state index < -0.39 is 10.3 Å². The molecule has 2 atom stereocenters. The Morgan fingerprint density at radius 3 is 2.95 bits per heavy atom. The highest BCUT2D eigenvalue weighted by molar-refractivity contribution is 7.86. The maximum Gasteiger partial charge on any atom is 0.428 e. The van der Waals surface area contributed by atoms with Gasteiger partial charge in [-0.15, -0.1) is 4.40 Å². The average Bonchev–Trinajstić information content (AvgIpc) is 2.73. The molecule has 2 aliphatic carbocycles. The van der Waals surface area contributed by atoms with Crippen molar-refractivity contribution in [3.8, 4) is 5.75 Å². The van der Waals surface area contributed by atoms with Crippen LogP contribution in [0, 0.1) is 5.41 Å². The van der Waals surface area contributed by atoms with Crippen LogP contribution in [0.15, 0.2) is 16.5 Å². The van der Waals surface area contributed by atoms with E-state index in [0.717, 1.165) is 36.0 Å². The van der Waals surface area contributed by atoms with E-state index in [1.54, 1.807) is 6.07 Å². The van der Waals surface area contributed by atoms with E-state index in [2.05, 4.69) is 11.3 Å². The summed E-state index contributed by atoms with van der Waals surface area (Å²) in [5.41, 5.74) is 2.73. The van der Waals surface area contributed by atoms with Crippen molar-refractivity contribution in [2.45, 2.75) is 38.5 Å². The van der Waals surface area contributed by atoms with Crippen LogP contribution < -0.4 is 4.18 Å². The highest BCUT2D eigenvalue weighted by Gasteiger charge is 2.49. The van der Waals surface area contributed by atoms with Crippen molar-refractivity contribution in [1.29, 1.82) is 0 Å². The molecule has 1 saturated carbocycles. The Bertz CT molecular complexity index is 796. The zero-order valence-electron chi connectivity index (χ0n) is 11.6. The Labute approximate surface area is 123 Å². The molecule has 0 radical (unpaired) electrons. The van der Waals surface area contributed by atoms with Crippen LogP contribution in [0.4, 0.5) is 0 Å². The third-order valence-corrected chi connectivity index (χ3v) is 5.95. The topological polar surface area (TPSA) is 72.8 Å². The summed E-state index contributed by atoms with van der Waals surface area (Å²) >= 11 is 0. The van der Waals surface area contributed by atoms with Crippen molar-refractivity contribution in [1.82, 2.24) is 0 Å². The molecule has 1 aliphatic heterocycles. The van der Waals surface area contributed by atoms with Gasteiger partial charge in [-0.25, -0.2) is 0 Å². The van der Waals surface area contributed by atoms with Crippen LogP contribution in [0.25, 0.3) is 0 Å². The van der Waals surface area contributed by atoms with Crippen molar-refractivity contribution in [3.05, 3.63) is 28.8 Å². The lowest BCUT2D eigenvalue weighted by molar-refractivity contribution is -0.126. The smallest absolute Gasteiger partial charge is 0.365 e. The van der Waals surface area contributed by atoms with Crippen LogP contribution in [0.3, 0.4) is 0 Å². The molecule has 3 aliphatic rings. The van der Waals surface area contributed by atoms with Gasteiger partial charge < -0.3 is 4.18 Å². The van der Waals surface area contributed by atoms with Crippen molar-refractivity contribution >= 4 is 22.3 Å². The number of Topliss-reactive ketones (excluding diaryl/α,β-unsaturated/α-hetero) is 1. The van der Waals surface area contributed by atoms with Gasteiger partial charge in [-0.2, -0.15) is 8.42 Å². The highest BCUT2D eigenvalue weighted by atomic mass is 32.2. The van der Waals surface area contributed by atoms with Crippen molar-refractivity contribution < 1.29 is 17.4 Å². The summed E-state index contributed by atoms with van der Waals surface area (Å²) in [7, 11) is -3.85. The van der Waals surface area contributed by atoms with Crippen molar-refractivity contribution in [2.24, 2.45) is 9.81 Å². The maximum atomic E-state index is 12.2. The zero-order valence-corrected chi connectivity index (χ0v) is 12.4. The summed E-state index contributed by atoms with van der Waals surface area (Å²) in [5, 5.41) is 0. The Kier molecular flexibility index (Phi) is 2.44. The summed E-state index contributed by atoms with van der Waals surface area (Å²) < 4.78 is 31.2. The van der Waals surface area contributed by atoms with Gasteiger partial charge in [0.2, 0.25) is 0 Å². The molecule has 0 saturated heterocycles. The Balaban J connectivity index is 1.88. The molecule has 0 amide bonds. The third kappa shape index (κ3) is 1.71. The monoisotopic (exact) mass is 305 g/mol. The first kappa shape index (κ1) is 13.0. The first-order valence-corrected chi connectivity index (χ1v) is 8.46. The zero-order chi connectivity index (χ0) is 14.8. The number of fused-ring (bicyclic) bond motifs is 5. The fourth-order valence-corrected chi connectivity index (χ4v) is 4.65. The van der Waals surface area contributed by atoms with Gasteiger partial charge in [-0.05, 0) is 42.4 Å². The fraction of sp³-hybridized carbons (Fsp3) is 0.467. The summed E-state index contributed by atoms with van der Waals surface area (Å²) in [6.45, 7) is 2.06. The molecule has 0 aromatic heterocycles. The minimum absolute atomic E-state index is 0.228. The molecule has 1 aromatic carbocycles. The van der Waals surface area contributed by atoms with E-state index in [1.807, 2.05) is 6.07 Å². The fourth-order valence-electron chi connectivity index (χ4n) is 4.00. The summed E-state index contributed by atoms with van der Waals surface area (Å²) in [6.07, 6.45) is 4.45. The van der Waals surface area contributed by atoms with Gasteiger partial charge in [0.1, 0.15) is 5.78 Å². The number of hydrogen-bond acceptors (Lipinski definition) is 4. The molecule has 0 N–H and O–H groups in total. The quantitative estimate of drug-likeness (QED) is 0.736. The first-order valence-electron chi connectivity index (χ1n) is 7.09. The van der Waals surface area contributed by atoms with E-state index in [4.69, 9.17) is 4.18 Å². The minimum Gasteiger partial charge on any atom is -0.365 e. The number of carbonyl (C=O) groups is 1.